The van der Waals surface area contributed by atoms with Crippen molar-refractivity contribution in [3.63, 3.8) is 0 Å². The zero-order valence-corrected chi connectivity index (χ0v) is 7.01. The van der Waals surface area contributed by atoms with Crippen LogP contribution in [0.2, 0.25) is 0 Å². The third-order valence-corrected chi connectivity index (χ3v) is 2.30. The Bertz CT molecular complexity index is 181. The van der Waals surface area contributed by atoms with Crippen LogP contribution in [0.3, 0.4) is 0 Å². The molecule has 0 atom stereocenters. The first-order valence-electron chi connectivity index (χ1n) is 3.08. The zero-order chi connectivity index (χ0) is 6.69. The molecule has 0 amide bonds. The van der Waals surface area contributed by atoms with Gasteiger partial charge in [-0.2, -0.15) is 0 Å². The molecule has 0 spiro atoms. The molecule has 48 valence electrons. The maximum absolute atomic E-state index is 5.54. The summed E-state index contributed by atoms with van der Waals surface area (Å²) in [7, 11) is -0.425. The van der Waals surface area contributed by atoms with Crippen LogP contribution in [0.25, 0.3) is 0 Å². The number of rotatable bonds is 1. The topological polar surface area (TPSA) is 26.0 Å². The van der Waals surface area contributed by atoms with Gasteiger partial charge in [0.15, 0.2) is 0 Å². The second-order valence-electron chi connectivity index (χ2n) is 2.19. The van der Waals surface area contributed by atoms with E-state index in [0.717, 1.165) is 0 Å². The Morgan fingerprint density at radius 3 is 2.22 bits per heavy atom. The van der Waals surface area contributed by atoms with Crippen LogP contribution in [-0.4, -0.2) is 9.68 Å². The van der Waals surface area contributed by atoms with Crippen LogP contribution >= 0.6 is 0 Å². The summed E-state index contributed by atoms with van der Waals surface area (Å²) in [4.78, 5) is 0. The van der Waals surface area contributed by atoms with Crippen LogP contribution in [0.5, 0.6) is 0 Å². The van der Waals surface area contributed by atoms with Crippen LogP contribution < -0.4 is 10.6 Å². The number of hydrogen-bond acceptors (Lipinski definition) is 1. The highest BCUT2D eigenvalue weighted by Crippen LogP contribution is 1.90. The first-order valence-corrected chi connectivity index (χ1v) is 4.61. The van der Waals surface area contributed by atoms with E-state index in [4.69, 9.17) is 5.40 Å². The smallest absolute Gasteiger partial charge is 0.122 e. The molecule has 0 bridgehead atoms. The van der Waals surface area contributed by atoms with Gasteiger partial charge < -0.3 is 5.40 Å². The summed E-state index contributed by atoms with van der Waals surface area (Å²) >= 11 is 0. The van der Waals surface area contributed by atoms with E-state index in [9.17, 15) is 0 Å². The molecule has 2 heteroatoms. The fourth-order valence-electron chi connectivity index (χ4n) is 0.724. The van der Waals surface area contributed by atoms with Gasteiger partial charge in [-0.25, -0.2) is 0 Å². The Hall–Kier alpha value is -0.603. The molecule has 9 heavy (non-hydrogen) atoms. The Morgan fingerprint density at radius 1 is 1.22 bits per heavy atom. The van der Waals surface area contributed by atoms with E-state index in [1.807, 2.05) is 0 Å². The molecule has 0 aliphatic carbocycles. The molecule has 2 N–H and O–H groups in total. The third kappa shape index (κ3) is 1.66. The lowest BCUT2D eigenvalue weighted by Crippen LogP contribution is -2.22. The quantitative estimate of drug-likeness (QED) is 0.527. The van der Waals surface area contributed by atoms with Gasteiger partial charge in [0.2, 0.25) is 0 Å². The standard InChI is InChI=1S/C7H11NSi/c1-6-2-4-7(9-8)5-3-6/h2-5H,8-9H2,1H3. The van der Waals surface area contributed by atoms with Crippen molar-refractivity contribution in [2.75, 3.05) is 0 Å². The van der Waals surface area contributed by atoms with Crippen molar-refractivity contribution < 1.29 is 0 Å². The summed E-state index contributed by atoms with van der Waals surface area (Å²) in [6, 6.07) is 8.44. The minimum Gasteiger partial charge on any atom is -0.352 e. The van der Waals surface area contributed by atoms with Crippen LogP contribution in [0, 0.1) is 6.92 Å². The molecule has 0 unspecified atom stereocenters. The van der Waals surface area contributed by atoms with Crippen molar-refractivity contribution in [1.29, 1.82) is 0 Å². The number of nitrogens with two attached hydrogens (primary N) is 1. The van der Waals surface area contributed by atoms with Crippen molar-refractivity contribution in [3.8, 4) is 0 Å². The normalized spacial score (nSPS) is 10.9. The van der Waals surface area contributed by atoms with Gasteiger partial charge >= 0.3 is 0 Å². The molecule has 0 aromatic heterocycles. The third-order valence-electron chi connectivity index (χ3n) is 1.36. The van der Waals surface area contributed by atoms with Gasteiger partial charge in [-0.1, -0.05) is 35.0 Å². The Morgan fingerprint density at radius 2 is 1.78 bits per heavy atom. The molecule has 0 aliphatic heterocycles. The van der Waals surface area contributed by atoms with Gasteiger partial charge in [0.25, 0.3) is 0 Å². The monoisotopic (exact) mass is 137 g/mol. The van der Waals surface area contributed by atoms with Crippen molar-refractivity contribution in [2.24, 2.45) is 5.40 Å². The van der Waals surface area contributed by atoms with E-state index in [1.54, 1.807) is 0 Å². The van der Waals surface area contributed by atoms with Crippen LogP contribution in [0.1, 0.15) is 5.56 Å². The summed E-state index contributed by atoms with van der Waals surface area (Å²) in [6.45, 7) is 2.09. The highest BCUT2D eigenvalue weighted by Gasteiger charge is 1.85. The van der Waals surface area contributed by atoms with Crippen LogP contribution in [0.15, 0.2) is 24.3 Å². The number of aryl methyl sites for hydroxylation is 1. The second kappa shape index (κ2) is 2.80. The predicted octanol–water partition coefficient (Wildman–Crippen LogP) is -0.337. The highest BCUT2D eigenvalue weighted by atomic mass is 28.2. The lowest BCUT2D eigenvalue weighted by atomic mass is 10.2. The molecule has 1 nitrogen and oxygen atoms in total. The van der Waals surface area contributed by atoms with Gasteiger partial charge in [-0.3, -0.25) is 0 Å². The van der Waals surface area contributed by atoms with E-state index in [-0.39, 0.29) is 0 Å². The zero-order valence-electron chi connectivity index (χ0n) is 5.59. The SMILES string of the molecule is Cc1ccc([SiH2]N)cc1. The first-order chi connectivity index (χ1) is 4.33. The number of hydrogen-bond donors (Lipinski definition) is 1. The van der Waals surface area contributed by atoms with E-state index in [0.29, 0.717) is 0 Å². The lowest BCUT2D eigenvalue weighted by Gasteiger charge is -1.93. The number of benzene rings is 1. The second-order valence-corrected chi connectivity index (χ2v) is 3.41. The fourth-order valence-corrected chi connectivity index (χ4v) is 1.23. The Labute approximate surface area is 57.8 Å². The summed E-state index contributed by atoms with van der Waals surface area (Å²) in [6.07, 6.45) is 0. The molecule has 0 saturated carbocycles. The molecule has 0 radical (unpaired) electrons. The Kier molecular flexibility index (Phi) is 2.03. The molecule has 1 rings (SSSR count). The van der Waals surface area contributed by atoms with Gasteiger partial charge in [-0.15, -0.1) is 0 Å². The molecular formula is C7H11NSi. The lowest BCUT2D eigenvalue weighted by molar-refractivity contribution is 1.49. The molecule has 0 heterocycles. The average Bonchev–Trinajstić information content (AvgIpc) is 1.90. The van der Waals surface area contributed by atoms with Gasteiger partial charge in [0.05, 0.1) is 0 Å². The molecule has 1 aromatic rings. The molecule has 1 aromatic carbocycles. The van der Waals surface area contributed by atoms with Crippen molar-refractivity contribution in [3.05, 3.63) is 29.8 Å². The summed E-state index contributed by atoms with van der Waals surface area (Å²) in [5.41, 5.74) is 1.31. The molecule has 0 fully saturated rings. The summed E-state index contributed by atoms with van der Waals surface area (Å²) in [5, 5.41) is 6.87. The molecular weight excluding hydrogens is 126 g/mol. The average molecular weight is 137 g/mol. The molecule has 0 aliphatic rings. The predicted molar refractivity (Wildman–Crippen MR) is 43.5 cm³/mol. The van der Waals surface area contributed by atoms with Crippen molar-refractivity contribution in [1.82, 2.24) is 0 Å². The fraction of sp³-hybridized carbons (Fsp3) is 0.143. The van der Waals surface area contributed by atoms with Gasteiger partial charge in [0, 0.05) is 0 Å². The van der Waals surface area contributed by atoms with Crippen LogP contribution in [0.4, 0.5) is 0 Å². The minimum atomic E-state index is -0.425. The largest absolute Gasteiger partial charge is 0.352 e. The Balaban J connectivity index is 2.88. The van der Waals surface area contributed by atoms with E-state index in [2.05, 4.69) is 31.2 Å². The van der Waals surface area contributed by atoms with E-state index >= 15 is 0 Å². The highest BCUT2D eigenvalue weighted by molar-refractivity contribution is 6.49. The maximum atomic E-state index is 5.54. The first kappa shape index (κ1) is 6.52. The summed E-state index contributed by atoms with van der Waals surface area (Å²) in [5.74, 6) is 0. The van der Waals surface area contributed by atoms with Gasteiger partial charge in [0.1, 0.15) is 9.68 Å². The van der Waals surface area contributed by atoms with Crippen molar-refractivity contribution in [2.45, 2.75) is 6.92 Å². The maximum Gasteiger partial charge on any atom is 0.122 e. The minimum absolute atomic E-state index is 0.425. The van der Waals surface area contributed by atoms with Gasteiger partial charge in [-0.05, 0) is 6.92 Å². The van der Waals surface area contributed by atoms with Crippen molar-refractivity contribution >= 4 is 14.9 Å². The summed E-state index contributed by atoms with van der Waals surface area (Å²) < 4.78 is 0. The van der Waals surface area contributed by atoms with E-state index in [1.165, 1.54) is 10.8 Å². The van der Waals surface area contributed by atoms with Crippen LogP contribution in [-0.2, 0) is 0 Å². The van der Waals surface area contributed by atoms with E-state index < -0.39 is 9.68 Å². The molecule has 0 saturated heterocycles.